The molecule has 1 N–H and O–H groups in total. The summed E-state index contributed by atoms with van der Waals surface area (Å²) < 4.78 is 1.94. The minimum absolute atomic E-state index is 0.0552. The number of rotatable bonds is 5. The number of imidazole rings is 1. The van der Waals surface area contributed by atoms with Gasteiger partial charge >= 0.3 is 0 Å². The van der Waals surface area contributed by atoms with Gasteiger partial charge in [-0.25, -0.2) is 4.98 Å². The SMILES string of the molecule is C[C@@H](C(=O)NCCC1=CCCCC1)n1cnc2ccccc21. The number of nitrogens with zero attached hydrogens (tertiary/aromatic N) is 2. The summed E-state index contributed by atoms with van der Waals surface area (Å²) in [6, 6.07) is 7.65. The topological polar surface area (TPSA) is 46.9 Å². The molecule has 0 bridgehead atoms. The lowest BCUT2D eigenvalue weighted by molar-refractivity contribution is -0.123. The predicted molar refractivity (Wildman–Crippen MR) is 88.6 cm³/mol. The normalized spacial score (nSPS) is 16.3. The second-order valence-electron chi connectivity index (χ2n) is 5.97. The lowest BCUT2D eigenvalue weighted by atomic mass is 9.97. The Morgan fingerprint density at radius 1 is 1.36 bits per heavy atom. The van der Waals surface area contributed by atoms with Gasteiger partial charge in [0.05, 0.1) is 17.4 Å². The minimum atomic E-state index is -0.243. The van der Waals surface area contributed by atoms with Crippen LogP contribution < -0.4 is 5.32 Å². The van der Waals surface area contributed by atoms with E-state index in [-0.39, 0.29) is 11.9 Å². The van der Waals surface area contributed by atoms with Crippen molar-refractivity contribution in [3.05, 3.63) is 42.2 Å². The number of nitrogens with one attached hydrogen (secondary N) is 1. The van der Waals surface area contributed by atoms with Crippen molar-refractivity contribution in [1.82, 2.24) is 14.9 Å². The van der Waals surface area contributed by atoms with E-state index in [2.05, 4.69) is 16.4 Å². The van der Waals surface area contributed by atoms with E-state index in [1.807, 2.05) is 35.8 Å². The van der Waals surface area contributed by atoms with Gasteiger partial charge in [0.25, 0.3) is 0 Å². The van der Waals surface area contributed by atoms with E-state index >= 15 is 0 Å². The van der Waals surface area contributed by atoms with E-state index in [1.165, 1.54) is 31.3 Å². The molecule has 1 heterocycles. The van der Waals surface area contributed by atoms with Crippen LogP contribution in [0.1, 0.15) is 45.1 Å². The Labute approximate surface area is 131 Å². The maximum Gasteiger partial charge on any atom is 0.242 e. The van der Waals surface area contributed by atoms with Crippen molar-refractivity contribution in [2.45, 2.75) is 45.1 Å². The van der Waals surface area contributed by atoms with Gasteiger partial charge in [-0.1, -0.05) is 23.8 Å². The smallest absolute Gasteiger partial charge is 0.242 e. The summed E-state index contributed by atoms with van der Waals surface area (Å²) in [5, 5.41) is 3.05. The number of allylic oxidation sites excluding steroid dienone is 1. The summed E-state index contributed by atoms with van der Waals surface area (Å²) in [4.78, 5) is 16.7. The van der Waals surface area contributed by atoms with Gasteiger partial charge in [-0.15, -0.1) is 0 Å². The van der Waals surface area contributed by atoms with Crippen molar-refractivity contribution in [2.75, 3.05) is 6.54 Å². The molecule has 1 aromatic carbocycles. The summed E-state index contributed by atoms with van der Waals surface area (Å²) >= 11 is 0. The molecule has 0 saturated carbocycles. The van der Waals surface area contributed by atoms with E-state index in [4.69, 9.17) is 0 Å². The van der Waals surface area contributed by atoms with Crippen LogP contribution in [0.3, 0.4) is 0 Å². The molecule has 0 fully saturated rings. The fraction of sp³-hybridized carbons (Fsp3) is 0.444. The second-order valence-corrected chi connectivity index (χ2v) is 5.97. The standard InChI is InChI=1S/C18H23N3O/c1-14(21-13-20-16-9-5-6-10-17(16)21)18(22)19-12-11-15-7-3-2-4-8-15/h5-7,9-10,13-14H,2-4,8,11-12H2,1H3,(H,19,22)/t14-/m0/s1. The Morgan fingerprint density at radius 2 is 2.23 bits per heavy atom. The summed E-state index contributed by atoms with van der Waals surface area (Å²) in [5.41, 5.74) is 3.42. The highest BCUT2D eigenvalue weighted by Crippen LogP contribution is 2.20. The summed E-state index contributed by atoms with van der Waals surface area (Å²) in [5.74, 6) is 0.0552. The molecule has 4 nitrogen and oxygen atoms in total. The van der Waals surface area contributed by atoms with Gasteiger partial charge in [-0.2, -0.15) is 0 Å². The average Bonchev–Trinajstić information content (AvgIpc) is 2.99. The number of benzene rings is 1. The third kappa shape index (κ3) is 3.21. The zero-order chi connectivity index (χ0) is 15.4. The van der Waals surface area contributed by atoms with Crippen molar-refractivity contribution >= 4 is 16.9 Å². The maximum atomic E-state index is 12.3. The highest BCUT2D eigenvalue weighted by Gasteiger charge is 2.16. The number of carbonyl (C=O) groups excluding carboxylic acids is 1. The van der Waals surface area contributed by atoms with Crippen molar-refractivity contribution in [2.24, 2.45) is 0 Å². The van der Waals surface area contributed by atoms with Gasteiger partial charge in [-0.3, -0.25) is 4.79 Å². The van der Waals surface area contributed by atoms with Gasteiger partial charge in [0.1, 0.15) is 6.04 Å². The largest absolute Gasteiger partial charge is 0.354 e. The van der Waals surface area contributed by atoms with E-state index < -0.39 is 0 Å². The molecule has 1 aliphatic carbocycles. The van der Waals surface area contributed by atoms with E-state index in [1.54, 1.807) is 6.33 Å². The molecule has 3 rings (SSSR count). The predicted octanol–water partition coefficient (Wildman–Crippen LogP) is 3.60. The van der Waals surface area contributed by atoms with Crippen LogP contribution in [0, 0.1) is 0 Å². The van der Waals surface area contributed by atoms with E-state index in [0.29, 0.717) is 0 Å². The summed E-state index contributed by atoms with van der Waals surface area (Å²) in [6.45, 7) is 2.64. The van der Waals surface area contributed by atoms with Crippen molar-refractivity contribution in [3.8, 4) is 0 Å². The summed E-state index contributed by atoms with van der Waals surface area (Å²) in [7, 11) is 0. The number of carbonyl (C=O) groups is 1. The first-order chi connectivity index (χ1) is 10.8. The number of aromatic nitrogens is 2. The highest BCUT2D eigenvalue weighted by molar-refractivity contribution is 5.83. The Balaban J connectivity index is 1.58. The molecule has 0 radical (unpaired) electrons. The van der Waals surface area contributed by atoms with Crippen LogP contribution in [0.4, 0.5) is 0 Å². The van der Waals surface area contributed by atoms with E-state index in [9.17, 15) is 4.79 Å². The van der Waals surface area contributed by atoms with Crippen LogP contribution in [0.5, 0.6) is 0 Å². The fourth-order valence-corrected chi connectivity index (χ4v) is 3.04. The number of amides is 1. The average molecular weight is 297 g/mol. The molecule has 1 aliphatic rings. The van der Waals surface area contributed by atoms with Gasteiger partial charge in [0, 0.05) is 6.54 Å². The minimum Gasteiger partial charge on any atom is -0.354 e. The molecular formula is C18H23N3O. The molecule has 1 aromatic heterocycles. The van der Waals surface area contributed by atoms with Gasteiger partial charge in [0.15, 0.2) is 0 Å². The third-order valence-corrected chi connectivity index (χ3v) is 4.41. The van der Waals surface area contributed by atoms with E-state index in [0.717, 1.165) is 24.0 Å². The van der Waals surface area contributed by atoms with Crippen molar-refractivity contribution < 1.29 is 4.79 Å². The number of fused-ring (bicyclic) bond motifs is 1. The van der Waals surface area contributed by atoms with Crippen LogP contribution in [-0.4, -0.2) is 22.0 Å². The first-order valence-corrected chi connectivity index (χ1v) is 8.13. The summed E-state index contributed by atoms with van der Waals surface area (Å²) in [6.07, 6.45) is 10.0. The zero-order valence-corrected chi connectivity index (χ0v) is 13.1. The van der Waals surface area contributed by atoms with Crippen LogP contribution in [0.15, 0.2) is 42.2 Å². The molecular weight excluding hydrogens is 274 g/mol. The van der Waals surface area contributed by atoms with Crippen LogP contribution in [-0.2, 0) is 4.79 Å². The lowest BCUT2D eigenvalue weighted by Crippen LogP contribution is -2.31. The number of hydrogen-bond donors (Lipinski definition) is 1. The van der Waals surface area contributed by atoms with Gasteiger partial charge in [-0.05, 0) is 51.2 Å². The monoisotopic (exact) mass is 297 g/mol. The lowest BCUT2D eigenvalue weighted by Gasteiger charge is -2.16. The first-order valence-electron chi connectivity index (χ1n) is 8.13. The fourth-order valence-electron chi connectivity index (χ4n) is 3.04. The molecule has 0 unspecified atom stereocenters. The molecule has 4 heteroatoms. The Kier molecular flexibility index (Phi) is 4.56. The second kappa shape index (κ2) is 6.77. The van der Waals surface area contributed by atoms with Crippen LogP contribution in [0.2, 0.25) is 0 Å². The highest BCUT2D eigenvalue weighted by atomic mass is 16.2. The van der Waals surface area contributed by atoms with Crippen LogP contribution in [0.25, 0.3) is 11.0 Å². The molecule has 0 saturated heterocycles. The molecule has 22 heavy (non-hydrogen) atoms. The van der Waals surface area contributed by atoms with Crippen molar-refractivity contribution in [3.63, 3.8) is 0 Å². The number of hydrogen-bond acceptors (Lipinski definition) is 2. The molecule has 1 atom stereocenters. The molecule has 0 aliphatic heterocycles. The number of para-hydroxylation sites is 2. The molecule has 1 amide bonds. The quantitative estimate of drug-likeness (QED) is 0.857. The first kappa shape index (κ1) is 14.8. The Hall–Kier alpha value is -2.10. The van der Waals surface area contributed by atoms with Crippen molar-refractivity contribution in [1.29, 1.82) is 0 Å². The molecule has 116 valence electrons. The third-order valence-electron chi connectivity index (χ3n) is 4.41. The van der Waals surface area contributed by atoms with Gasteiger partial charge in [0.2, 0.25) is 5.91 Å². The van der Waals surface area contributed by atoms with Gasteiger partial charge < -0.3 is 9.88 Å². The van der Waals surface area contributed by atoms with Crippen LogP contribution >= 0.6 is 0 Å². The Bertz CT molecular complexity index is 686. The molecule has 0 spiro atoms. The zero-order valence-electron chi connectivity index (χ0n) is 13.1. The Morgan fingerprint density at radius 3 is 3.05 bits per heavy atom. The maximum absolute atomic E-state index is 12.3. The molecule has 2 aromatic rings.